The summed E-state index contributed by atoms with van der Waals surface area (Å²) in [7, 11) is 0. The van der Waals surface area contributed by atoms with E-state index in [2.05, 4.69) is 36.1 Å². The molecule has 110 valence electrons. The van der Waals surface area contributed by atoms with Gasteiger partial charge in [0.25, 0.3) is 0 Å². The summed E-state index contributed by atoms with van der Waals surface area (Å²) in [5, 5.41) is 2.33. The van der Waals surface area contributed by atoms with E-state index in [9.17, 15) is 0 Å². The predicted octanol–water partition coefficient (Wildman–Crippen LogP) is 3.09. The predicted molar refractivity (Wildman–Crippen MR) is 92.1 cm³/mol. The average molecular weight is 300 g/mol. The van der Waals surface area contributed by atoms with Crippen LogP contribution in [0.2, 0.25) is 0 Å². The molecule has 0 radical (unpaired) electrons. The maximum atomic E-state index is 5.85. The summed E-state index contributed by atoms with van der Waals surface area (Å²) in [6, 6.07) is 12.5. The van der Waals surface area contributed by atoms with Crippen molar-refractivity contribution in [3.05, 3.63) is 42.0 Å². The molecule has 2 N–H and O–H groups in total. The van der Waals surface area contributed by atoms with Gasteiger partial charge < -0.3 is 15.4 Å². The number of hydrogen-bond donors (Lipinski definition) is 1. The molecule has 1 fully saturated rings. The molecule has 0 saturated carbocycles. The third-order valence-corrected chi connectivity index (χ3v) is 4.32. The number of rotatable bonds is 3. The summed E-state index contributed by atoms with van der Waals surface area (Å²) >= 11 is 5.17. The normalized spacial score (nSPS) is 18.9. The van der Waals surface area contributed by atoms with E-state index in [1.165, 1.54) is 11.1 Å². The summed E-state index contributed by atoms with van der Waals surface area (Å²) in [5.41, 5.74) is 8.04. The van der Waals surface area contributed by atoms with Crippen LogP contribution in [0.15, 0.2) is 36.4 Å². The minimum absolute atomic E-state index is 0.313. The van der Waals surface area contributed by atoms with Crippen molar-refractivity contribution in [2.45, 2.75) is 19.4 Å². The first-order valence-corrected chi connectivity index (χ1v) is 7.79. The van der Waals surface area contributed by atoms with E-state index in [4.69, 9.17) is 22.7 Å². The fourth-order valence-corrected chi connectivity index (χ4v) is 3.14. The highest BCUT2D eigenvalue weighted by molar-refractivity contribution is 7.80. The molecule has 0 aliphatic carbocycles. The molecule has 0 spiro atoms. The molecule has 2 aromatic carbocycles. The fourth-order valence-electron chi connectivity index (χ4n) is 2.96. The van der Waals surface area contributed by atoms with E-state index in [0.717, 1.165) is 37.1 Å². The molecule has 0 amide bonds. The molecule has 21 heavy (non-hydrogen) atoms. The van der Waals surface area contributed by atoms with Crippen molar-refractivity contribution < 1.29 is 4.74 Å². The fraction of sp³-hybridized carbons (Fsp3) is 0.353. The Hall–Kier alpha value is -1.65. The Bertz CT molecular complexity index is 671. The lowest BCUT2D eigenvalue weighted by atomic mass is 10.0. The molecule has 0 aromatic heterocycles. The minimum Gasteiger partial charge on any atom is -0.389 e. The van der Waals surface area contributed by atoms with Crippen molar-refractivity contribution in [2.24, 2.45) is 5.73 Å². The van der Waals surface area contributed by atoms with Gasteiger partial charge in [-0.15, -0.1) is 0 Å². The number of ether oxygens (including phenoxy) is 1. The molecular weight excluding hydrogens is 280 g/mol. The van der Waals surface area contributed by atoms with E-state index >= 15 is 0 Å². The number of fused-ring (bicyclic) bond motifs is 1. The molecule has 2 aromatic rings. The number of nitrogens with two attached hydrogens (primary N) is 1. The highest BCUT2D eigenvalue weighted by Crippen LogP contribution is 2.31. The second-order valence-electron chi connectivity index (χ2n) is 5.39. The van der Waals surface area contributed by atoms with Gasteiger partial charge in [0.15, 0.2) is 0 Å². The molecular formula is C17H20N2OS. The van der Waals surface area contributed by atoms with Crippen LogP contribution in [-0.2, 0) is 4.74 Å². The van der Waals surface area contributed by atoms with Crippen LogP contribution in [0.4, 0.5) is 5.69 Å². The number of thiocarbonyl (C=S) groups is 1. The zero-order chi connectivity index (χ0) is 14.8. The molecule has 4 heteroatoms. The van der Waals surface area contributed by atoms with Gasteiger partial charge in [-0.1, -0.05) is 43.4 Å². The SMILES string of the molecule is CCC1CN(c2ccc(C(N)=S)c3ccccc23)CCO1. The van der Waals surface area contributed by atoms with Gasteiger partial charge in [0.1, 0.15) is 4.99 Å². The summed E-state index contributed by atoms with van der Waals surface area (Å²) in [6.45, 7) is 4.81. The van der Waals surface area contributed by atoms with Crippen molar-refractivity contribution in [3.8, 4) is 0 Å². The Morgan fingerprint density at radius 2 is 2.05 bits per heavy atom. The van der Waals surface area contributed by atoms with Gasteiger partial charge in [-0.05, 0) is 23.9 Å². The number of anilines is 1. The summed E-state index contributed by atoms with van der Waals surface area (Å²) in [5.74, 6) is 0. The van der Waals surface area contributed by atoms with Crippen molar-refractivity contribution in [3.63, 3.8) is 0 Å². The van der Waals surface area contributed by atoms with Crippen LogP contribution in [0.5, 0.6) is 0 Å². The van der Waals surface area contributed by atoms with Gasteiger partial charge in [0, 0.05) is 29.7 Å². The molecule has 0 bridgehead atoms. The molecule has 1 aliphatic heterocycles. The smallest absolute Gasteiger partial charge is 0.104 e. The van der Waals surface area contributed by atoms with E-state index in [0.29, 0.717) is 11.1 Å². The number of nitrogens with zero attached hydrogens (tertiary/aromatic N) is 1. The molecule has 3 nitrogen and oxygen atoms in total. The van der Waals surface area contributed by atoms with Gasteiger partial charge in [0.05, 0.1) is 12.7 Å². The van der Waals surface area contributed by atoms with E-state index in [1.807, 2.05) is 12.1 Å². The Kier molecular flexibility index (Phi) is 4.08. The van der Waals surface area contributed by atoms with Crippen molar-refractivity contribution in [2.75, 3.05) is 24.6 Å². The molecule has 3 rings (SSSR count). The average Bonchev–Trinajstić information content (AvgIpc) is 2.53. The molecule has 1 atom stereocenters. The second kappa shape index (κ2) is 6.00. The zero-order valence-corrected chi connectivity index (χ0v) is 13.0. The summed E-state index contributed by atoms with van der Waals surface area (Å²) in [4.78, 5) is 2.86. The van der Waals surface area contributed by atoms with E-state index < -0.39 is 0 Å². The van der Waals surface area contributed by atoms with Crippen molar-refractivity contribution >= 4 is 33.7 Å². The topological polar surface area (TPSA) is 38.5 Å². The number of morpholine rings is 1. The van der Waals surface area contributed by atoms with E-state index in [-0.39, 0.29) is 0 Å². The van der Waals surface area contributed by atoms with Crippen molar-refractivity contribution in [1.29, 1.82) is 0 Å². The maximum absolute atomic E-state index is 5.85. The van der Waals surface area contributed by atoms with Gasteiger partial charge in [-0.25, -0.2) is 0 Å². The molecule has 1 unspecified atom stereocenters. The Labute approximate surface area is 130 Å². The number of benzene rings is 2. The molecule has 1 aliphatic rings. The molecule has 1 saturated heterocycles. The van der Waals surface area contributed by atoms with Crippen LogP contribution < -0.4 is 10.6 Å². The molecule has 1 heterocycles. The van der Waals surface area contributed by atoms with E-state index in [1.54, 1.807) is 0 Å². The minimum atomic E-state index is 0.313. The first kappa shape index (κ1) is 14.3. The largest absolute Gasteiger partial charge is 0.389 e. The Morgan fingerprint density at radius 1 is 1.29 bits per heavy atom. The van der Waals surface area contributed by atoms with Gasteiger partial charge in [-0.3, -0.25) is 0 Å². The first-order chi connectivity index (χ1) is 10.2. The quantitative estimate of drug-likeness (QED) is 0.884. The highest BCUT2D eigenvalue weighted by Gasteiger charge is 2.21. The summed E-state index contributed by atoms with van der Waals surface area (Å²) in [6.07, 6.45) is 1.35. The van der Waals surface area contributed by atoms with Crippen LogP contribution in [0.25, 0.3) is 10.8 Å². The standard InChI is InChI=1S/C17H20N2OS/c1-2-12-11-19(9-10-20-12)16-8-7-15(17(18)21)13-5-3-4-6-14(13)16/h3-8,12H,2,9-11H2,1H3,(H2,18,21). The van der Waals surface area contributed by atoms with Crippen LogP contribution >= 0.6 is 12.2 Å². The maximum Gasteiger partial charge on any atom is 0.104 e. The number of hydrogen-bond acceptors (Lipinski definition) is 3. The lowest BCUT2D eigenvalue weighted by Crippen LogP contribution is -2.42. The zero-order valence-electron chi connectivity index (χ0n) is 12.2. The Morgan fingerprint density at radius 3 is 2.76 bits per heavy atom. The lowest BCUT2D eigenvalue weighted by molar-refractivity contribution is 0.0385. The third kappa shape index (κ3) is 2.74. The van der Waals surface area contributed by atoms with Crippen LogP contribution in [0, 0.1) is 0 Å². The second-order valence-corrected chi connectivity index (χ2v) is 5.83. The lowest BCUT2D eigenvalue weighted by Gasteiger charge is -2.35. The van der Waals surface area contributed by atoms with Gasteiger partial charge in [0.2, 0.25) is 0 Å². The third-order valence-electron chi connectivity index (χ3n) is 4.10. The summed E-state index contributed by atoms with van der Waals surface area (Å²) < 4.78 is 5.77. The van der Waals surface area contributed by atoms with Crippen LogP contribution in [0.3, 0.4) is 0 Å². The van der Waals surface area contributed by atoms with Gasteiger partial charge in [-0.2, -0.15) is 0 Å². The van der Waals surface area contributed by atoms with Crippen LogP contribution in [0.1, 0.15) is 18.9 Å². The monoisotopic (exact) mass is 300 g/mol. The Balaban J connectivity index is 2.07. The van der Waals surface area contributed by atoms with Crippen molar-refractivity contribution in [1.82, 2.24) is 0 Å². The first-order valence-electron chi connectivity index (χ1n) is 7.38. The van der Waals surface area contributed by atoms with Crippen LogP contribution in [-0.4, -0.2) is 30.8 Å². The highest BCUT2D eigenvalue weighted by atomic mass is 32.1. The van der Waals surface area contributed by atoms with Gasteiger partial charge >= 0.3 is 0 Å².